The van der Waals surface area contributed by atoms with E-state index in [0.29, 0.717) is 17.7 Å². The maximum Gasteiger partial charge on any atom is 0.383 e. The molecule has 0 saturated heterocycles. The lowest BCUT2D eigenvalue weighted by molar-refractivity contribution is -0.131. The lowest BCUT2D eigenvalue weighted by Gasteiger charge is -2.13. The molecule has 0 radical (unpaired) electrons. The highest BCUT2D eigenvalue weighted by Crippen LogP contribution is 2.35. The third-order valence-corrected chi connectivity index (χ3v) is 4.65. The van der Waals surface area contributed by atoms with Gasteiger partial charge in [-0.25, -0.2) is 4.79 Å². The Hall–Kier alpha value is -2.50. The van der Waals surface area contributed by atoms with Gasteiger partial charge in [0, 0.05) is 13.0 Å². The van der Waals surface area contributed by atoms with E-state index >= 15 is 0 Å². The van der Waals surface area contributed by atoms with E-state index in [-0.39, 0.29) is 23.2 Å². The van der Waals surface area contributed by atoms with E-state index < -0.39 is 11.6 Å². The molecule has 0 spiro atoms. The van der Waals surface area contributed by atoms with Gasteiger partial charge in [0.1, 0.15) is 11.3 Å². The molecule has 0 aliphatic rings. The van der Waals surface area contributed by atoms with Crippen LogP contribution in [0, 0.1) is 0 Å². The van der Waals surface area contributed by atoms with Gasteiger partial charge in [0.25, 0.3) is 0 Å². The Labute approximate surface area is 178 Å². The highest BCUT2D eigenvalue weighted by molar-refractivity contribution is 5.89. The first-order valence-corrected chi connectivity index (χ1v) is 11.0. The van der Waals surface area contributed by atoms with Crippen molar-refractivity contribution >= 4 is 16.9 Å². The summed E-state index contributed by atoms with van der Waals surface area (Å²) in [6.45, 7) is 7.69. The van der Waals surface area contributed by atoms with Crippen LogP contribution in [-0.2, 0) is 4.79 Å². The second kappa shape index (κ2) is 12.3. The van der Waals surface area contributed by atoms with Crippen LogP contribution in [0.25, 0.3) is 11.0 Å². The zero-order valence-electron chi connectivity index (χ0n) is 18.6. The minimum Gasteiger partial charge on any atom is -0.491 e. The summed E-state index contributed by atoms with van der Waals surface area (Å²) in [4.78, 5) is 24.1. The third kappa shape index (κ3) is 7.39. The maximum atomic E-state index is 12.5. The molecule has 1 aromatic carbocycles. The molecule has 0 aliphatic heterocycles. The predicted octanol–water partition coefficient (Wildman–Crippen LogP) is 6.03. The van der Waals surface area contributed by atoms with Gasteiger partial charge in [0.05, 0.1) is 18.1 Å². The van der Waals surface area contributed by atoms with Gasteiger partial charge in [0.2, 0.25) is 5.75 Å². The summed E-state index contributed by atoms with van der Waals surface area (Å²) in [6, 6.07) is 5.07. The lowest BCUT2D eigenvalue weighted by atomic mass is 10.1. The quantitative estimate of drug-likeness (QED) is 0.225. The van der Waals surface area contributed by atoms with Crippen molar-refractivity contribution in [1.82, 2.24) is 0 Å². The number of unbranched alkanes of at least 4 members (excludes halogenated alkanes) is 7. The number of benzene rings is 1. The molecule has 30 heavy (non-hydrogen) atoms. The molecule has 0 amide bonds. The highest BCUT2D eigenvalue weighted by Gasteiger charge is 2.20. The van der Waals surface area contributed by atoms with E-state index in [9.17, 15) is 9.59 Å². The summed E-state index contributed by atoms with van der Waals surface area (Å²) in [6.07, 6.45) is 9.31. The van der Waals surface area contributed by atoms with Gasteiger partial charge in [-0.15, -0.1) is 0 Å². The average Bonchev–Trinajstić information content (AvgIpc) is 2.67. The van der Waals surface area contributed by atoms with Crippen molar-refractivity contribution in [3.05, 3.63) is 28.6 Å². The smallest absolute Gasteiger partial charge is 0.383 e. The van der Waals surface area contributed by atoms with Gasteiger partial charge in [0.15, 0.2) is 5.75 Å². The van der Waals surface area contributed by atoms with Crippen molar-refractivity contribution < 1.29 is 23.4 Å². The fourth-order valence-corrected chi connectivity index (χ4v) is 3.26. The Balaban J connectivity index is 2.07. The van der Waals surface area contributed by atoms with Gasteiger partial charge in [-0.2, -0.15) is 0 Å². The minimum atomic E-state index is -0.667. The normalized spacial score (nSPS) is 11.1. The maximum absolute atomic E-state index is 12.5. The van der Waals surface area contributed by atoms with Crippen molar-refractivity contribution in [3.63, 3.8) is 0 Å². The summed E-state index contributed by atoms with van der Waals surface area (Å²) in [5.41, 5.74) is -0.381. The molecular weight excluding hydrogens is 384 g/mol. The van der Waals surface area contributed by atoms with Gasteiger partial charge in [-0.3, -0.25) is 4.79 Å². The fourth-order valence-electron chi connectivity index (χ4n) is 3.26. The zero-order chi connectivity index (χ0) is 21.9. The van der Waals surface area contributed by atoms with E-state index in [4.69, 9.17) is 18.6 Å². The zero-order valence-corrected chi connectivity index (χ0v) is 18.6. The van der Waals surface area contributed by atoms with Crippen molar-refractivity contribution in [2.45, 2.75) is 85.2 Å². The van der Waals surface area contributed by atoms with Crippen LogP contribution in [0.1, 0.15) is 79.1 Å². The summed E-state index contributed by atoms with van der Waals surface area (Å²) in [5.74, 6) is 0.0888. The van der Waals surface area contributed by atoms with Crippen LogP contribution in [0.15, 0.2) is 27.4 Å². The molecule has 6 nitrogen and oxygen atoms in total. The van der Waals surface area contributed by atoms with E-state index in [1.807, 2.05) is 13.8 Å². The molecular formula is C24H34O6. The number of hydrogen-bond acceptors (Lipinski definition) is 6. The standard InChI is InChI=1S/C24H34O6/c1-5-6-7-8-9-10-11-12-15-27-23-22(29-18(4)25)20-14-13-19(28-17(2)3)16-21(20)30-24(23)26/h13-14,16-17H,5-12,15H2,1-4H3. The first-order valence-electron chi connectivity index (χ1n) is 11.0. The molecule has 0 aliphatic carbocycles. The minimum absolute atomic E-state index is 0.0173. The van der Waals surface area contributed by atoms with E-state index in [1.54, 1.807) is 18.2 Å². The summed E-state index contributed by atoms with van der Waals surface area (Å²) in [7, 11) is 0. The summed E-state index contributed by atoms with van der Waals surface area (Å²) in [5, 5.41) is 0.492. The van der Waals surface area contributed by atoms with Crippen LogP contribution in [0.3, 0.4) is 0 Å². The first kappa shape index (κ1) is 23.8. The topological polar surface area (TPSA) is 75.0 Å². The third-order valence-electron chi connectivity index (χ3n) is 4.65. The Kier molecular flexibility index (Phi) is 9.71. The van der Waals surface area contributed by atoms with Crippen LogP contribution in [0.2, 0.25) is 0 Å². The number of carbonyl (C=O) groups excluding carboxylic acids is 1. The van der Waals surface area contributed by atoms with Gasteiger partial charge >= 0.3 is 11.6 Å². The number of ether oxygens (including phenoxy) is 3. The highest BCUT2D eigenvalue weighted by atomic mass is 16.6. The average molecular weight is 419 g/mol. The molecule has 166 valence electrons. The SMILES string of the molecule is CCCCCCCCCCOc1c(OC(C)=O)c2ccc(OC(C)C)cc2oc1=O. The molecule has 2 aromatic rings. The molecule has 0 atom stereocenters. The molecule has 0 saturated carbocycles. The molecule has 2 rings (SSSR count). The van der Waals surface area contributed by atoms with Crippen LogP contribution in [0.4, 0.5) is 0 Å². The first-order chi connectivity index (χ1) is 14.4. The summed E-state index contributed by atoms with van der Waals surface area (Å²) < 4.78 is 22.1. The van der Waals surface area contributed by atoms with Gasteiger partial charge in [-0.1, -0.05) is 51.9 Å². The van der Waals surface area contributed by atoms with E-state index in [1.165, 1.54) is 39.0 Å². The molecule has 0 unspecified atom stereocenters. The largest absolute Gasteiger partial charge is 0.491 e. The monoisotopic (exact) mass is 418 g/mol. The predicted molar refractivity (Wildman–Crippen MR) is 118 cm³/mol. The molecule has 6 heteroatoms. The van der Waals surface area contributed by atoms with Gasteiger partial charge < -0.3 is 18.6 Å². The van der Waals surface area contributed by atoms with Crippen LogP contribution in [0.5, 0.6) is 17.2 Å². The number of hydrogen-bond donors (Lipinski definition) is 0. The second-order valence-electron chi connectivity index (χ2n) is 7.79. The van der Waals surface area contributed by atoms with Crippen molar-refractivity contribution in [2.24, 2.45) is 0 Å². The summed E-state index contributed by atoms with van der Waals surface area (Å²) >= 11 is 0. The Morgan fingerprint density at radius 1 is 1.00 bits per heavy atom. The van der Waals surface area contributed by atoms with Crippen LogP contribution < -0.4 is 19.8 Å². The Bertz CT molecular complexity index is 868. The van der Waals surface area contributed by atoms with Crippen molar-refractivity contribution in [2.75, 3.05) is 6.61 Å². The number of fused-ring (bicyclic) bond motifs is 1. The Morgan fingerprint density at radius 2 is 1.67 bits per heavy atom. The lowest BCUT2D eigenvalue weighted by Crippen LogP contribution is -2.13. The molecule has 0 fully saturated rings. The number of rotatable bonds is 13. The molecule has 0 N–H and O–H groups in total. The number of esters is 1. The van der Waals surface area contributed by atoms with Gasteiger partial charge in [-0.05, 0) is 32.4 Å². The fraction of sp³-hybridized carbons (Fsp3) is 0.583. The Morgan fingerprint density at radius 3 is 2.30 bits per heavy atom. The van der Waals surface area contributed by atoms with Crippen molar-refractivity contribution in [1.29, 1.82) is 0 Å². The second-order valence-corrected chi connectivity index (χ2v) is 7.79. The molecule has 0 bridgehead atoms. The number of carbonyl (C=O) groups is 1. The van der Waals surface area contributed by atoms with Crippen molar-refractivity contribution in [3.8, 4) is 17.2 Å². The molecule has 1 aromatic heterocycles. The van der Waals surface area contributed by atoms with Crippen LogP contribution in [-0.4, -0.2) is 18.7 Å². The van der Waals surface area contributed by atoms with E-state index in [0.717, 1.165) is 19.3 Å². The molecule has 1 heterocycles. The van der Waals surface area contributed by atoms with Crippen LogP contribution >= 0.6 is 0 Å². The van der Waals surface area contributed by atoms with E-state index in [2.05, 4.69) is 6.92 Å².